The highest BCUT2D eigenvalue weighted by atomic mass is 32.1. The molecule has 0 bridgehead atoms. The maximum atomic E-state index is 12.9. The summed E-state index contributed by atoms with van der Waals surface area (Å²) in [6.07, 6.45) is 3.14. The number of thiazole rings is 1. The van der Waals surface area contributed by atoms with Gasteiger partial charge in [-0.3, -0.25) is 9.59 Å². The van der Waals surface area contributed by atoms with Crippen LogP contribution in [0.15, 0.2) is 41.2 Å². The van der Waals surface area contributed by atoms with Crippen molar-refractivity contribution in [3.63, 3.8) is 0 Å². The number of Topliss-reactive ketones (excluding diaryl/α,β-unsaturated/α-hetero) is 1. The van der Waals surface area contributed by atoms with E-state index >= 15 is 0 Å². The Bertz CT molecular complexity index is 1040. The van der Waals surface area contributed by atoms with E-state index in [1.54, 1.807) is 0 Å². The number of aromatic nitrogens is 2. The van der Waals surface area contributed by atoms with Gasteiger partial charge in [0.05, 0.1) is 10.7 Å². The van der Waals surface area contributed by atoms with Crippen LogP contribution in [-0.2, 0) is 11.2 Å². The van der Waals surface area contributed by atoms with Crippen LogP contribution in [0.4, 0.5) is 5.13 Å². The van der Waals surface area contributed by atoms with Gasteiger partial charge in [-0.25, -0.2) is 4.98 Å². The van der Waals surface area contributed by atoms with Gasteiger partial charge in [0.25, 0.3) is 5.56 Å². The number of aryl methyl sites for hydroxylation is 1. The topological polar surface area (TPSA) is 66.1 Å². The lowest BCUT2D eigenvalue weighted by Crippen LogP contribution is -2.36. The molecule has 3 heterocycles. The smallest absolute Gasteiger partial charge is 0.275 e. The van der Waals surface area contributed by atoms with Gasteiger partial charge in [0.15, 0.2) is 10.9 Å². The molecule has 146 valence electrons. The van der Waals surface area contributed by atoms with Crippen LogP contribution in [0.5, 0.6) is 0 Å². The van der Waals surface area contributed by atoms with E-state index in [1.807, 2.05) is 24.3 Å². The highest BCUT2D eigenvalue weighted by molar-refractivity contribution is 7.22. The predicted octanol–water partition coefficient (Wildman–Crippen LogP) is 4.28. The summed E-state index contributed by atoms with van der Waals surface area (Å²) in [5, 5.41) is 0.789. The third-order valence-corrected chi connectivity index (χ3v) is 6.44. The van der Waals surface area contributed by atoms with Crippen molar-refractivity contribution in [3.05, 3.63) is 58.0 Å². The van der Waals surface area contributed by atoms with Crippen LogP contribution in [0.2, 0.25) is 0 Å². The number of rotatable bonds is 6. The van der Waals surface area contributed by atoms with E-state index in [9.17, 15) is 9.59 Å². The Morgan fingerprint density at radius 1 is 1.32 bits per heavy atom. The minimum Gasteiger partial charge on any atom is -0.338 e. The zero-order valence-electron chi connectivity index (χ0n) is 16.3. The second-order valence-electron chi connectivity index (χ2n) is 7.72. The van der Waals surface area contributed by atoms with Crippen LogP contribution in [0, 0.1) is 0 Å². The van der Waals surface area contributed by atoms with Gasteiger partial charge in [-0.15, -0.1) is 0 Å². The quantitative estimate of drug-likeness (QED) is 0.677. The molecule has 1 aliphatic heterocycles. The second-order valence-corrected chi connectivity index (χ2v) is 8.73. The molecule has 1 aromatic carbocycles. The molecule has 5 nitrogen and oxygen atoms in total. The molecule has 1 fully saturated rings. The lowest BCUT2D eigenvalue weighted by atomic mass is 10.0. The molecule has 1 N–H and O–H groups in total. The van der Waals surface area contributed by atoms with Crippen LogP contribution < -0.4 is 10.5 Å². The fourth-order valence-corrected chi connectivity index (χ4v) is 4.88. The summed E-state index contributed by atoms with van der Waals surface area (Å²) >= 11 is 1.52. The summed E-state index contributed by atoms with van der Waals surface area (Å²) in [7, 11) is 0. The monoisotopic (exact) mass is 395 g/mol. The number of carbonyl (C=O) groups is 1. The molecule has 28 heavy (non-hydrogen) atoms. The third kappa shape index (κ3) is 3.74. The first-order valence-electron chi connectivity index (χ1n) is 9.90. The van der Waals surface area contributed by atoms with Gasteiger partial charge in [0, 0.05) is 18.7 Å². The fraction of sp³-hybridized carbons (Fsp3) is 0.409. The normalized spacial score (nSPS) is 17.0. The van der Waals surface area contributed by atoms with Gasteiger partial charge in [-0.05, 0) is 36.8 Å². The molecule has 0 unspecified atom stereocenters. The fourth-order valence-electron chi connectivity index (χ4n) is 3.79. The molecule has 0 spiro atoms. The van der Waals surface area contributed by atoms with Gasteiger partial charge in [-0.1, -0.05) is 55.5 Å². The Hall–Kier alpha value is -2.47. The van der Waals surface area contributed by atoms with Crippen molar-refractivity contribution in [2.24, 2.45) is 0 Å². The minimum atomic E-state index is -0.144. The van der Waals surface area contributed by atoms with Crippen molar-refractivity contribution in [1.82, 2.24) is 9.97 Å². The summed E-state index contributed by atoms with van der Waals surface area (Å²) in [6.45, 7) is 4.93. The van der Waals surface area contributed by atoms with Crippen molar-refractivity contribution < 1.29 is 4.79 Å². The van der Waals surface area contributed by atoms with Crippen LogP contribution in [0.1, 0.15) is 50.3 Å². The number of hydrogen-bond donors (Lipinski definition) is 1. The number of H-pyrrole nitrogens is 1. The number of aromatic amines is 1. The number of nitrogens with zero attached hydrogens (tertiary/aromatic N) is 2. The molecule has 2 aromatic heterocycles. The Kier molecular flexibility index (Phi) is 5.31. The first-order valence-corrected chi connectivity index (χ1v) is 10.7. The highest BCUT2D eigenvalue weighted by Gasteiger charge is 2.32. The summed E-state index contributed by atoms with van der Waals surface area (Å²) in [5.74, 6) is 0.513. The van der Waals surface area contributed by atoms with E-state index in [0.29, 0.717) is 11.9 Å². The largest absolute Gasteiger partial charge is 0.338 e. The molecule has 0 aliphatic carbocycles. The Morgan fingerprint density at radius 3 is 2.86 bits per heavy atom. The summed E-state index contributed by atoms with van der Waals surface area (Å²) in [6, 6.07) is 12.0. The lowest BCUT2D eigenvalue weighted by Gasteiger charge is -2.22. The average Bonchev–Trinajstić information content (AvgIpc) is 3.33. The van der Waals surface area contributed by atoms with Crippen molar-refractivity contribution in [2.45, 2.75) is 51.5 Å². The zero-order valence-corrected chi connectivity index (χ0v) is 17.1. The SMILES string of the molecule is CC(C)c1cc2sc(N3CCC[C@@H]3C(=O)CCc3ccccc3)nc2c(=O)[nH]1. The predicted molar refractivity (Wildman–Crippen MR) is 114 cm³/mol. The number of nitrogens with one attached hydrogen (secondary N) is 1. The van der Waals surface area contributed by atoms with Crippen molar-refractivity contribution in [2.75, 3.05) is 11.4 Å². The Morgan fingerprint density at radius 2 is 2.11 bits per heavy atom. The number of ketones is 1. The van der Waals surface area contributed by atoms with E-state index in [2.05, 4.69) is 40.8 Å². The molecule has 1 aliphatic rings. The molecule has 0 radical (unpaired) electrons. The van der Waals surface area contributed by atoms with Crippen molar-refractivity contribution in [1.29, 1.82) is 0 Å². The number of carbonyl (C=O) groups excluding carboxylic acids is 1. The second kappa shape index (κ2) is 7.87. The van der Waals surface area contributed by atoms with Gasteiger partial charge in [-0.2, -0.15) is 0 Å². The molecule has 6 heteroatoms. The highest BCUT2D eigenvalue weighted by Crippen LogP contribution is 2.33. The van der Waals surface area contributed by atoms with E-state index in [4.69, 9.17) is 0 Å². The minimum absolute atomic E-state index is 0.132. The zero-order chi connectivity index (χ0) is 19.7. The van der Waals surface area contributed by atoms with Gasteiger partial charge >= 0.3 is 0 Å². The first-order chi connectivity index (χ1) is 13.5. The average molecular weight is 396 g/mol. The molecule has 0 amide bonds. The van der Waals surface area contributed by atoms with Crippen LogP contribution >= 0.6 is 11.3 Å². The van der Waals surface area contributed by atoms with Crippen molar-refractivity contribution >= 4 is 32.5 Å². The van der Waals surface area contributed by atoms with E-state index in [-0.39, 0.29) is 23.3 Å². The number of hydrogen-bond acceptors (Lipinski definition) is 5. The molecule has 0 saturated carbocycles. The van der Waals surface area contributed by atoms with Gasteiger partial charge < -0.3 is 9.88 Å². The standard InChI is InChI=1S/C22H25N3O2S/c1-14(2)16-13-19-20(21(27)23-16)24-22(28-19)25-12-6-9-17(25)18(26)11-10-15-7-4-3-5-8-15/h3-5,7-8,13-14,17H,6,9-12H2,1-2H3,(H,23,27)/t17-/m1/s1. The summed E-state index contributed by atoms with van der Waals surface area (Å²) in [5.41, 5.74) is 2.44. The maximum Gasteiger partial charge on any atom is 0.275 e. The summed E-state index contributed by atoms with van der Waals surface area (Å²) < 4.78 is 0.893. The van der Waals surface area contributed by atoms with Crippen LogP contribution in [0.25, 0.3) is 10.2 Å². The number of benzene rings is 1. The summed E-state index contributed by atoms with van der Waals surface area (Å²) in [4.78, 5) is 34.9. The number of pyridine rings is 1. The molecule has 1 atom stereocenters. The van der Waals surface area contributed by atoms with Gasteiger partial charge in [0.2, 0.25) is 0 Å². The maximum absolute atomic E-state index is 12.9. The lowest BCUT2D eigenvalue weighted by molar-refractivity contribution is -0.120. The third-order valence-electron chi connectivity index (χ3n) is 5.40. The van der Waals surface area contributed by atoms with Crippen LogP contribution in [0.3, 0.4) is 0 Å². The Labute approximate surface area is 168 Å². The molecule has 1 saturated heterocycles. The van der Waals surface area contributed by atoms with Crippen LogP contribution in [-0.4, -0.2) is 28.3 Å². The number of fused-ring (bicyclic) bond motifs is 1. The number of anilines is 1. The molecule has 3 aromatic rings. The molecular formula is C22H25N3O2S. The molecular weight excluding hydrogens is 370 g/mol. The van der Waals surface area contributed by atoms with E-state index in [1.165, 1.54) is 16.9 Å². The van der Waals surface area contributed by atoms with Gasteiger partial charge in [0.1, 0.15) is 5.52 Å². The molecule has 4 rings (SSSR count). The van der Waals surface area contributed by atoms with Crippen molar-refractivity contribution in [3.8, 4) is 0 Å². The van der Waals surface area contributed by atoms with E-state index < -0.39 is 0 Å². The first kappa shape index (κ1) is 18.9. The van der Waals surface area contributed by atoms with E-state index in [0.717, 1.165) is 41.3 Å². The Balaban J connectivity index is 1.55.